The third kappa shape index (κ3) is 4.62. The molecule has 1 heterocycles. The molecular formula is C21H21N3O3. The van der Waals surface area contributed by atoms with Gasteiger partial charge in [0.1, 0.15) is 6.61 Å². The summed E-state index contributed by atoms with van der Waals surface area (Å²) in [5, 5.41) is 5.58. The number of carbonyl (C=O) groups excluding carboxylic acids is 2. The van der Waals surface area contributed by atoms with E-state index < -0.39 is 0 Å². The summed E-state index contributed by atoms with van der Waals surface area (Å²) in [6.45, 7) is 1.98. The van der Waals surface area contributed by atoms with Gasteiger partial charge in [-0.2, -0.15) is 0 Å². The Morgan fingerprint density at radius 2 is 1.67 bits per heavy atom. The van der Waals surface area contributed by atoms with Crippen LogP contribution >= 0.6 is 0 Å². The van der Waals surface area contributed by atoms with Crippen LogP contribution < -0.4 is 10.6 Å². The van der Waals surface area contributed by atoms with Crippen molar-refractivity contribution in [3.63, 3.8) is 0 Å². The molecule has 0 aliphatic carbocycles. The summed E-state index contributed by atoms with van der Waals surface area (Å²) in [7, 11) is 1.46. The van der Waals surface area contributed by atoms with Gasteiger partial charge >= 0.3 is 0 Å². The SMILES string of the molecule is COCC(=O)Nc1cccc(NC(=O)c2ccc(C)c(-n3cccc3)c2)c1. The molecule has 3 aromatic rings. The number of hydrogen-bond acceptors (Lipinski definition) is 3. The first-order chi connectivity index (χ1) is 13.1. The number of aryl methyl sites for hydroxylation is 1. The van der Waals surface area contributed by atoms with E-state index >= 15 is 0 Å². The number of rotatable bonds is 6. The Bertz CT molecular complexity index is 949. The molecule has 0 unspecified atom stereocenters. The van der Waals surface area contributed by atoms with Crippen molar-refractivity contribution < 1.29 is 14.3 Å². The van der Waals surface area contributed by atoms with Crippen molar-refractivity contribution in [2.75, 3.05) is 24.4 Å². The topological polar surface area (TPSA) is 72.4 Å². The molecular weight excluding hydrogens is 342 g/mol. The minimum absolute atomic E-state index is 0.0257. The first kappa shape index (κ1) is 18.4. The largest absolute Gasteiger partial charge is 0.375 e. The molecule has 0 fully saturated rings. The number of amides is 2. The Kier molecular flexibility index (Phi) is 5.68. The Morgan fingerprint density at radius 1 is 0.963 bits per heavy atom. The van der Waals surface area contributed by atoms with Crippen molar-refractivity contribution in [2.45, 2.75) is 6.92 Å². The Morgan fingerprint density at radius 3 is 2.37 bits per heavy atom. The lowest BCUT2D eigenvalue weighted by molar-refractivity contribution is -0.119. The fourth-order valence-corrected chi connectivity index (χ4v) is 2.73. The third-order valence-corrected chi connectivity index (χ3v) is 4.03. The number of ether oxygens (including phenoxy) is 1. The van der Waals surface area contributed by atoms with Gasteiger partial charge in [-0.05, 0) is 55.0 Å². The van der Waals surface area contributed by atoms with E-state index in [9.17, 15) is 9.59 Å². The van der Waals surface area contributed by atoms with E-state index in [1.54, 1.807) is 30.3 Å². The summed E-state index contributed by atoms with van der Waals surface area (Å²) in [5.41, 5.74) is 3.77. The lowest BCUT2D eigenvalue weighted by Crippen LogP contribution is -2.17. The van der Waals surface area contributed by atoms with Crippen LogP contribution in [0.1, 0.15) is 15.9 Å². The van der Waals surface area contributed by atoms with Gasteiger partial charge in [0.05, 0.1) is 0 Å². The van der Waals surface area contributed by atoms with Crippen LogP contribution in [0.4, 0.5) is 11.4 Å². The van der Waals surface area contributed by atoms with Gasteiger partial charge < -0.3 is 19.9 Å². The molecule has 0 radical (unpaired) electrons. The molecule has 0 atom stereocenters. The molecule has 0 spiro atoms. The molecule has 3 rings (SSSR count). The highest BCUT2D eigenvalue weighted by atomic mass is 16.5. The maximum atomic E-state index is 12.7. The van der Waals surface area contributed by atoms with Crippen molar-refractivity contribution in [1.29, 1.82) is 0 Å². The van der Waals surface area contributed by atoms with Crippen molar-refractivity contribution >= 4 is 23.2 Å². The molecule has 0 aliphatic heterocycles. The quantitative estimate of drug-likeness (QED) is 0.702. The van der Waals surface area contributed by atoms with E-state index in [4.69, 9.17) is 4.74 Å². The van der Waals surface area contributed by atoms with Crippen molar-refractivity contribution in [3.05, 3.63) is 78.1 Å². The fraction of sp³-hybridized carbons (Fsp3) is 0.143. The van der Waals surface area contributed by atoms with E-state index in [2.05, 4.69) is 10.6 Å². The van der Waals surface area contributed by atoms with Crippen LogP contribution in [0.15, 0.2) is 67.0 Å². The van der Waals surface area contributed by atoms with Gasteiger partial charge in [-0.3, -0.25) is 9.59 Å². The summed E-state index contributed by atoms with van der Waals surface area (Å²) in [5.74, 6) is -0.473. The van der Waals surface area contributed by atoms with Gasteiger partial charge in [-0.15, -0.1) is 0 Å². The summed E-state index contributed by atoms with van der Waals surface area (Å²) in [6.07, 6.45) is 3.88. The summed E-state index contributed by atoms with van der Waals surface area (Å²) in [4.78, 5) is 24.3. The number of benzene rings is 2. The zero-order valence-electron chi connectivity index (χ0n) is 15.2. The van der Waals surface area contributed by atoms with Crippen LogP contribution in [0, 0.1) is 6.92 Å². The zero-order valence-corrected chi connectivity index (χ0v) is 15.2. The standard InChI is InChI=1S/C21H21N3O3/c1-15-8-9-16(12-19(15)24-10-3-4-11-24)21(26)23-18-7-5-6-17(13-18)22-20(25)14-27-2/h3-13H,14H2,1-2H3,(H,22,25)(H,23,26). The number of hydrogen-bond donors (Lipinski definition) is 2. The fourth-order valence-electron chi connectivity index (χ4n) is 2.73. The second-order valence-electron chi connectivity index (χ2n) is 6.11. The molecule has 6 nitrogen and oxygen atoms in total. The number of aromatic nitrogens is 1. The van der Waals surface area contributed by atoms with E-state index in [1.165, 1.54) is 7.11 Å². The molecule has 2 amide bonds. The van der Waals surface area contributed by atoms with Crippen molar-refractivity contribution in [3.8, 4) is 5.69 Å². The highest BCUT2D eigenvalue weighted by Gasteiger charge is 2.10. The molecule has 2 N–H and O–H groups in total. The highest BCUT2D eigenvalue weighted by Crippen LogP contribution is 2.19. The summed E-state index contributed by atoms with van der Waals surface area (Å²) < 4.78 is 6.77. The average Bonchev–Trinajstić information content (AvgIpc) is 3.17. The molecule has 27 heavy (non-hydrogen) atoms. The van der Waals surface area contributed by atoms with Crippen LogP contribution in [-0.4, -0.2) is 30.1 Å². The van der Waals surface area contributed by atoms with E-state index in [0.717, 1.165) is 11.3 Å². The minimum Gasteiger partial charge on any atom is -0.375 e. The van der Waals surface area contributed by atoms with Gasteiger partial charge in [-0.1, -0.05) is 12.1 Å². The van der Waals surface area contributed by atoms with Crippen molar-refractivity contribution in [2.24, 2.45) is 0 Å². The molecule has 1 aromatic heterocycles. The molecule has 2 aromatic carbocycles. The predicted molar refractivity (Wildman–Crippen MR) is 105 cm³/mol. The van der Waals surface area contributed by atoms with Gasteiger partial charge in [0.15, 0.2) is 0 Å². The monoisotopic (exact) mass is 363 g/mol. The number of methoxy groups -OCH3 is 1. The average molecular weight is 363 g/mol. The lowest BCUT2D eigenvalue weighted by Gasteiger charge is -2.11. The Hall–Kier alpha value is -3.38. The van der Waals surface area contributed by atoms with Crippen LogP contribution in [0.5, 0.6) is 0 Å². The third-order valence-electron chi connectivity index (χ3n) is 4.03. The summed E-state index contributed by atoms with van der Waals surface area (Å²) >= 11 is 0. The second kappa shape index (κ2) is 8.33. The smallest absolute Gasteiger partial charge is 0.255 e. The van der Waals surface area contributed by atoms with E-state index in [-0.39, 0.29) is 18.4 Å². The van der Waals surface area contributed by atoms with E-state index in [1.807, 2.05) is 48.1 Å². The summed E-state index contributed by atoms with van der Waals surface area (Å²) in [6, 6.07) is 16.4. The Balaban J connectivity index is 1.76. The minimum atomic E-state index is -0.254. The van der Waals surface area contributed by atoms with Gasteiger partial charge in [0.2, 0.25) is 5.91 Å². The van der Waals surface area contributed by atoms with Gasteiger partial charge in [-0.25, -0.2) is 0 Å². The van der Waals surface area contributed by atoms with E-state index in [0.29, 0.717) is 16.9 Å². The first-order valence-electron chi connectivity index (χ1n) is 8.51. The van der Waals surface area contributed by atoms with Crippen LogP contribution in [-0.2, 0) is 9.53 Å². The van der Waals surface area contributed by atoms with Crippen LogP contribution in [0.3, 0.4) is 0 Å². The Labute approximate surface area is 157 Å². The predicted octanol–water partition coefficient (Wildman–Crippen LogP) is 3.62. The zero-order chi connectivity index (χ0) is 19.2. The molecule has 138 valence electrons. The number of anilines is 2. The molecule has 6 heteroatoms. The number of nitrogens with one attached hydrogen (secondary N) is 2. The molecule has 0 aliphatic rings. The normalized spacial score (nSPS) is 10.4. The van der Waals surface area contributed by atoms with Crippen LogP contribution in [0.2, 0.25) is 0 Å². The highest BCUT2D eigenvalue weighted by molar-refractivity contribution is 6.05. The first-order valence-corrected chi connectivity index (χ1v) is 8.51. The second-order valence-corrected chi connectivity index (χ2v) is 6.11. The maximum Gasteiger partial charge on any atom is 0.255 e. The van der Waals surface area contributed by atoms with Gasteiger partial charge in [0.25, 0.3) is 5.91 Å². The van der Waals surface area contributed by atoms with Gasteiger partial charge in [0, 0.05) is 42.1 Å². The van der Waals surface area contributed by atoms with Crippen LogP contribution in [0.25, 0.3) is 5.69 Å². The maximum absolute atomic E-state index is 12.7. The van der Waals surface area contributed by atoms with Crippen molar-refractivity contribution in [1.82, 2.24) is 4.57 Å². The molecule has 0 bridgehead atoms. The number of nitrogens with zero attached hydrogens (tertiary/aromatic N) is 1. The molecule has 0 saturated carbocycles. The lowest BCUT2D eigenvalue weighted by atomic mass is 10.1. The number of carbonyl (C=O) groups is 2. The molecule has 0 saturated heterocycles.